The lowest BCUT2D eigenvalue weighted by atomic mass is 10.3. The summed E-state index contributed by atoms with van der Waals surface area (Å²) in [7, 11) is 0. The van der Waals surface area contributed by atoms with Crippen molar-refractivity contribution in [3.8, 4) is 5.69 Å². The predicted molar refractivity (Wildman–Crippen MR) is 130 cm³/mol. The van der Waals surface area contributed by atoms with Crippen LogP contribution in [0.4, 0.5) is 0 Å². The van der Waals surface area contributed by atoms with E-state index in [0.717, 1.165) is 12.2 Å². The van der Waals surface area contributed by atoms with Crippen LogP contribution in [0.15, 0.2) is 63.1 Å². The van der Waals surface area contributed by atoms with Crippen LogP contribution in [0.1, 0.15) is 26.0 Å². The zero-order chi connectivity index (χ0) is 22.7. The molecule has 4 aromatic rings. The summed E-state index contributed by atoms with van der Waals surface area (Å²) in [5.41, 5.74) is 0.979. The molecule has 0 bridgehead atoms. The molecule has 1 aromatic carbocycles. The van der Waals surface area contributed by atoms with Gasteiger partial charge in [0.15, 0.2) is 14.8 Å². The third-order valence-corrected chi connectivity index (χ3v) is 7.28. The maximum atomic E-state index is 13.5. The molecule has 0 aliphatic carbocycles. The third kappa shape index (κ3) is 4.72. The Morgan fingerprint density at radius 1 is 1.28 bits per heavy atom. The lowest BCUT2D eigenvalue weighted by molar-refractivity contribution is -0.119. The lowest BCUT2D eigenvalue weighted by Gasteiger charge is -2.14. The fourth-order valence-electron chi connectivity index (χ4n) is 3.12. The van der Waals surface area contributed by atoms with Crippen molar-refractivity contribution in [2.24, 2.45) is 0 Å². The normalized spacial score (nSPS) is 12.2. The van der Waals surface area contributed by atoms with E-state index in [1.807, 2.05) is 50.2 Å². The Morgan fingerprint density at radius 3 is 2.75 bits per heavy atom. The number of benzene rings is 1. The molecule has 0 saturated carbocycles. The van der Waals surface area contributed by atoms with Gasteiger partial charge in [-0.25, -0.2) is 4.98 Å². The first-order valence-electron chi connectivity index (χ1n) is 10.1. The van der Waals surface area contributed by atoms with Crippen LogP contribution >= 0.6 is 35.3 Å². The number of furan rings is 1. The number of thiazole rings is 1. The van der Waals surface area contributed by atoms with Crippen molar-refractivity contribution in [1.29, 1.82) is 0 Å². The Labute approximate surface area is 198 Å². The summed E-state index contributed by atoms with van der Waals surface area (Å²) in [6.07, 6.45) is 2.44. The Morgan fingerprint density at radius 2 is 2.06 bits per heavy atom. The van der Waals surface area contributed by atoms with Gasteiger partial charge in [0, 0.05) is 6.04 Å². The molecule has 7 nitrogen and oxygen atoms in total. The smallest absolute Gasteiger partial charge is 0.278 e. The van der Waals surface area contributed by atoms with Gasteiger partial charge < -0.3 is 9.73 Å². The summed E-state index contributed by atoms with van der Waals surface area (Å²) in [6.45, 7) is 4.36. The topological polar surface area (TPSA) is 82.1 Å². The number of thioether (sulfide) groups is 1. The minimum Gasteiger partial charge on any atom is -0.467 e. The first kappa shape index (κ1) is 22.5. The summed E-state index contributed by atoms with van der Waals surface area (Å²) in [5, 5.41) is 3.39. The highest BCUT2D eigenvalue weighted by Crippen LogP contribution is 2.25. The van der Waals surface area contributed by atoms with Crippen molar-refractivity contribution in [2.45, 2.75) is 38.0 Å². The monoisotopic (exact) mass is 486 g/mol. The van der Waals surface area contributed by atoms with Gasteiger partial charge in [-0.3, -0.25) is 18.7 Å². The molecule has 1 N–H and O–H groups in total. The van der Waals surface area contributed by atoms with Gasteiger partial charge in [-0.1, -0.05) is 48.2 Å². The van der Waals surface area contributed by atoms with Gasteiger partial charge in [0.1, 0.15) is 10.5 Å². The summed E-state index contributed by atoms with van der Waals surface area (Å²) < 4.78 is 9.82. The molecule has 0 spiro atoms. The number of aromatic nitrogens is 3. The zero-order valence-electron chi connectivity index (χ0n) is 17.6. The minimum absolute atomic E-state index is 0.0879. The van der Waals surface area contributed by atoms with Gasteiger partial charge in [-0.2, -0.15) is 0 Å². The molecule has 10 heteroatoms. The molecule has 0 aliphatic heterocycles. The van der Waals surface area contributed by atoms with Crippen LogP contribution in [0.3, 0.4) is 0 Å². The molecule has 32 heavy (non-hydrogen) atoms. The molecule has 1 amide bonds. The van der Waals surface area contributed by atoms with E-state index in [2.05, 4.69) is 5.32 Å². The van der Waals surface area contributed by atoms with Crippen LogP contribution in [0.2, 0.25) is 0 Å². The minimum atomic E-state index is -0.208. The average Bonchev–Trinajstić information content (AvgIpc) is 3.42. The summed E-state index contributed by atoms with van der Waals surface area (Å²) >= 11 is 8.00. The van der Waals surface area contributed by atoms with E-state index in [9.17, 15) is 9.59 Å². The molecule has 4 rings (SSSR count). The van der Waals surface area contributed by atoms with E-state index < -0.39 is 0 Å². The average molecular weight is 487 g/mol. The number of fused-ring (bicyclic) bond motifs is 1. The molecular weight excluding hydrogens is 464 g/mol. The largest absolute Gasteiger partial charge is 0.467 e. The van der Waals surface area contributed by atoms with Crippen LogP contribution in [0, 0.1) is 3.95 Å². The zero-order valence-corrected chi connectivity index (χ0v) is 20.1. The molecule has 0 radical (unpaired) electrons. The Hall–Kier alpha value is -2.69. The highest BCUT2D eigenvalue weighted by Gasteiger charge is 2.19. The molecule has 0 aliphatic rings. The second kappa shape index (κ2) is 9.85. The van der Waals surface area contributed by atoms with Gasteiger partial charge in [0.25, 0.3) is 5.56 Å². The number of rotatable bonds is 8. The maximum Gasteiger partial charge on any atom is 0.278 e. The molecule has 3 heterocycles. The van der Waals surface area contributed by atoms with Gasteiger partial charge in [0.05, 0.1) is 24.2 Å². The number of hydrogen-bond acceptors (Lipinski definition) is 7. The van der Waals surface area contributed by atoms with Gasteiger partial charge >= 0.3 is 0 Å². The standard InChI is InChI=1S/C22H22N4O3S3/c1-3-14(2)23-17(27)13-31-21-24-19-18(20(28)26(21)15-8-5-4-6-9-15)32-22(30)25(19)12-16-10-7-11-29-16/h4-11,14H,3,12-13H2,1-2H3,(H,23,27)/t14-/m0/s1. The highest BCUT2D eigenvalue weighted by atomic mass is 32.2. The van der Waals surface area contributed by atoms with Crippen molar-refractivity contribution < 1.29 is 9.21 Å². The molecule has 0 fully saturated rings. The number of carbonyl (C=O) groups is 1. The molecular formula is C22H22N4O3S3. The van der Waals surface area contributed by atoms with Gasteiger partial charge in [-0.05, 0) is 49.8 Å². The number of carbonyl (C=O) groups excluding carboxylic acids is 1. The SMILES string of the molecule is CC[C@H](C)NC(=O)CSc1nc2c(sc(=S)n2Cc2ccco2)c(=O)n1-c1ccccc1. The molecule has 166 valence electrons. The van der Waals surface area contributed by atoms with Crippen molar-refractivity contribution in [2.75, 3.05) is 5.75 Å². The van der Waals surface area contributed by atoms with E-state index in [1.54, 1.807) is 21.5 Å². The van der Waals surface area contributed by atoms with Crippen molar-refractivity contribution in [3.63, 3.8) is 0 Å². The van der Waals surface area contributed by atoms with Crippen LogP contribution < -0.4 is 10.9 Å². The van der Waals surface area contributed by atoms with E-state index in [1.165, 1.54) is 23.1 Å². The van der Waals surface area contributed by atoms with Crippen LogP contribution in [0.25, 0.3) is 16.0 Å². The first-order chi connectivity index (χ1) is 15.5. The third-order valence-electron chi connectivity index (χ3n) is 4.92. The number of nitrogens with one attached hydrogen (secondary N) is 1. The van der Waals surface area contributed by atoms with Gasteiger partial charge in [-0.15, -0.1) is 0 Å². The Balaban J connectivity index is 1.80. The fraction of sp³-hybridized carbons (Fsp3) is 0.273. The quantitative estimate of drug-likeness (QED) is 0.222. The second-order valence-electron chi connectivity index (χ2n) is 7.22. The van der Waals surface area contributed by atoms with Crippen molar-refractivity contribution >= 4 is 51.6 Å². The van der Waals surface area contributed by atoms with E-state index in [0.29, 0.717) is 31.7 Å². The van der Waals surface area contributed by atoms with E-state index in [-0.39, 0.29) is 23.3 Å². The molecule has 0 unspecified atom stereocenters. The second-order valence-corrected chi connectivity index (χ2v) is 9.81. The summed E-state index contributed by atoms with van der Waals surface area (Å²) in [5.74, 6) is 0.770. The summed E-state index contributed by atoms with van der Waals surface area (Å²) in [4.78, 5) is 30.7. The van der Waals surface area contributed by atoms with Crippen LogP contribution in [0.5, 0.6) is 0 Å². The van der Waals surface area contributed by atoms with E-state index >= 15 is 0 Å². The number of para-hydroxylation sites is 1. The van der Waals surface area contributed by atoms with Crippen molar-refractivity contribution in [3.05, 3.63) is 68.8 Å². The number of nitrogens with zero attached hydrogens (tertiary/aromatic N) is 3. The van der Waals surface area contributed by atoms with Crippen molar-refractivity contribution in [1.82, 2.24) is 19.4 Å². The maximum absolute atomic E-state index is 13.5. The van der Waals surface area contributed by atoms with Crippen LogP contribution in [-0.4, -0.2) is 31.8 Å². The fourth-order valence-corrected chi connectivity index (χ4v) is 5.20. The molecule has 1 atom stereocenters. The van der Waals surface area contributed by atoms with Crippen LogP contribution in [-0.2, 0) is 11.3 Å². The Kier molecular flexibility index (Phi) is 6.92. The highest BCUT2D eigenvalue weighted by molar-refractivity contribution is 7.99. The van der Waals surface area contributed by atoms with Gasteiger partial charge in [0.2, 0.25) is 5.91 Å². The summed E-state index contributed by atoms with van der Waals surface area (Å²) in [6, 6.07) is 13.0. The molecule has 0 saturated heterocycles. The van der Waals surface area contributed by atoms with E-state index in [4.69, 9.17) is 21.6 Å². The number of hydrogen-bond donors (Lipinski definition) is 1. The predicted octanol–water partition coefficient (Wildman–Crippen LogP) is 4.63. The first-order valence-corrected chi connectivity index (χ1v) is 12.3. The Bertz CT molecular complexity index is 1340. The molecule has 3 aromatic heterocycles. The number of amides is 1. The lowest BCUT2D eigenvalue weighted by Crippen LogP contribution is -2.33.